The number of hydrogen-bond donors (Lipinski definition) is 1. The normalized spacial score (nSPS) is 22.9. The van der Waals surface area contributed by atoms with E-state index in [1.165, 1.54) is 37.0 Å². The van der Waals surface area contributed by atoms with E-state index in [2.05, 4.69) is 20.2 Å². The molecule has 2 aromatic heterocycles. The van der Waals surface area contributed by atoms with Gasteiger partial charge in [-0.25, -0.2) is 4.98 Å². The molecule has 0 radical (unpaired) electrons. The van der Waals surface area contributed by atoms with Crippen LogP contribution < -0.4 is 5.32 Å². The zero-order chi connectivity index (χ0) is 15.8. The predicted octanol–water partition coefficient (Wildman–Crippen LogP) is 2.78. The van der Waals surface area contributed by atoms with Gasteiger partial charge in [-0.2, -0.15) is 0 Å². The Morgan fingerprint density at radius 3 is 2.83 bits per heavy atom. The second-order valence-electron chi connectivity index (χ2n) is 6.55. The van der Waals surface area contributed by atoms with Crippen LogP contribution in [0.25, 0.3) is 10.3 Å². The topological polar surface area (TPSA) is 58.1 Å². The zero-order valence-electron chi connectivity index (χ0n) is 13.4. The number of nitrogens with zero attached hydrogens (tertiary/aromatic N) is 3. The maximum absolute atomic E-state index is 12.3. The van der Waals surface area contributed by atoms with Gasteiger partial charge in [0.15, 0.2) is 0 Å². The number of hydrogen-bond acceptors (Lipinski definition) is 5. The molecule has 1 saturated heterocycles. The van der Waals surface area contributed by atoms with Crippen LogP contribution in [-0.2, 0) is 0 Å². The van der Waals surface area contributed by atoms with Crippen LogP contribution in [0.3, 0.4) is 0 Å². The standard InChI is InChI=1S/C17H22N4OS/c1-18-16(22)15-13(14-17(23-15)20-8-7-19-14)11-6-9-21(10-11)12-4-2-3-5-12/h7-8,11-12H,2-6,9-10H2,1H3,(H,18,22)/t11-/m0/s1. The van der Waals surface area contributed by atoms with Gasteiger partial charge in [0.25, 0.3) is 5.91 Å². The summed E-state index contributed by atoms with van der Waals surface area (Å²) in [5, 5.41) is 2.77. The Balaban J connectivity index is 1.68. The van der Waals surface area contributed by atoms with Crippen molar-refractivity contribution in [1.29, 1.82) is 0 Å². The Kier molecular flexibility index (Phi) is 4.03. The number of fused-ring (bicyclic) bond motifs is 1. The first kappa shape index (κ1) is 15.0. The largest absolute Gasteiger partial charge is 0.354 e. The monoisotopic (exact) mass is 330 g/mol. The molecular weight excluding hydrogens is 308 g/mol. The van der Waals surface area contributed by atoms with Crippen molar-refractivity contribution in [3.63, 3.8) is 0 Å². The summed E-state index contributed by atoms with van der Waals surface area (Å²) in [4.78, 5) is 25.6. The summed E-state index contributed by atoms with van der Waals surface area (Å²) in [5.41, 5.74) is 2.05. The molecule has 0 bridgehead atoms. The van der Waals surface area contributed by atoms with E-state index in [1.807, 2.05) is 0 Å². The second-order valence-corrected chi connectivity index (χ2v) is 7.55. The Hall–Kier alpha value is -1.53. The lowest BCUT2D eigenvalue weighted by Crippen LogP contribution is -2.30. The number of carbonyl (C=O) groups excluding carboxylic acids is 1. The first-order chi connectivity index (χ1) is 11.3. The van der Waals surface area contributed by atoms with Gasteiger partial charge in [0.1, 0.15) is 10.3 Å². The highest BCUT2D eigenvalue weighted by atomic mass is 32.1. The smallest absolute Gasteiger partial charge is 0.261 e. The van der Waals surface area contributed by atoms with Crippen molar-refractivity contribution in [3.05, 3.63) is 22.8 Å². The summed E-state index contributed by atoms with van der Waals surface area (Å²) in [5.74, 6) is 0.387. The molecule has 2 aliphatic rings. The van der Waals surface area contributed by atoms with Crippen LogP contribution in [-0.4, -0.2) is 47.0 Å². The van der Waals surface area contributed by atoms with Crippen molar-refractivity contribution in [2.75, 3.05) is 20.1 Å². The van der Waals surface area contributed by atoms with Crippen LogP contribution >= 0.6 is 11.3 Å². The summed E-state index contributed by atoms with van der Waals surface area (Å²) in [7, 11) is 1.69. The number of thiophene rings is 1. The van der Waals surface area contributed by atoms with Gasteiger partial charge in [-0.3, -0.25) is 14.7 Å². The summed E-state index contributed by atoms with van der Waals surface area (Å²) in [6.45, 7) is 2.19. The van der Waals surface area contributed by atoms with E-state index in [4.69, 9.17) is 0 Å². The molecule has 6 heteroatoms. The lowest BCUT2D eigenvalue weighted by atomic mass is 9.97. The molecule has 2 fully saturated rings. The van der Waals surface area contributed by atoms with E-state index in [-0.39, 0.29) is 5.91 Å². The van der Waals surface area contributed by atoms with E-state index in [9.17, 15) is 4.79 Å². The molecule has 1 aliphatic heterocycles. The van der Waals surface area contributed by atoms with E-state index in [0.29, 0.717) is 5.92 Å². The highest BCUT2D eigenvalue weighted by molar-refractivity contribution is 7.20. The summed E-state index contributed by atoms with van der Waals surface area (Å²) in [6, 6.07) is 0.749. The van der Waals surface area contributed by atoms with Gasteiger partial charge in [0.05, 0.1) is 4.88 Å². The summed E-state index contributed by atoms with van der Waals surface area (Å²) >= 11 is 1.47. The number of aromatic nitrogens is 2. The Bertz CT molecular complexity index is 722. The van der Waals surface area contributed by atoms with Crippen LogP contribution in [0, 0.1) is 0 Å². The van der Waals surface area contributed by atoms with E-state index < -0.39 is 0 Å². The van der Waals surface area contributed by atoms with Crippen molar-refractivity contribution < 1.29 is 4.79 Å². The molecule has 2 aromatic rings. The minimum absolute atomic E-state index is 0.0101. The van der Waals surface area contributed by atoms with Crippen molar-refractivity contribution in [1.82, 2.24) is 20.2 Å². The average molecular weight is 330 g/mol. The maximum Gasteiger partial charge on any atom is 0.261 e. The fraction of sp³-hybridized carbons (Fsp3) is 0.588. The number of carbonyl (C=O) groups is 1. The molecule has 1 atom stereocenters. The summed E-state index contributed by atoms with van der Waals surface area (Å²) < 4.78 is 0. The minimum atomic E-state index is -0.0101. The molecule has 1 amide bonds. The predicted molar refractivity (Wildman–Crippen MR) is 92.0 cm³/mol. The third-order valence-electron chi connectivity index (χ3n) is 5.27. The molecule has 5 nitrogen and oxygen atoms in total. The molecule has 0 unspecified atom stereocenters. The molecule has 0 spiro atoms. The zero-order valence-corrected chi connectivity index (χ0v) is 14.2. The molecule has 122 valence electrons. The van der Waals surface area contributed by atoms with E-state index >= 15 is 0 Å². The van der Waals surface area contributed by atoms with Gasteiger partial charge in [0.2, 0.25) is 0 Å². The number of nitrogens with one attached hydrogen (secondary N) is 1. The third-order valence-corrected chi connectivity index (χ3v) is 6.37. The lowest BCUT2D eigenvalue weighted by Gasteiger charge is -2.23. The quantitative estimate of drug-likeness (QED) is 0.940. The van der Waals surface area contributed by atoms with Crippen LogP contribution in [0.1, 0.15) is 53.3 Å². The molecule has 23 heavy (non-hydrogen) atoms. The first-order valence-electron chi connectivity index (χ1n) is 8.47. The van der Waals surface area contributed by atoms with Crippen LogP contribution in [0.4, 0.5) is 0 Å². The minimum Gasteiger partial charge on any atom is -0.354 e. The molecular formula is C17H22N4OS. The fourth-order valence-electron chi connectivity index (χ4n) is 4.13. The van der Waals surface area contributed by atoms with Crippen molar-refractivity contribution in [2.45, 2.75) is 44.1 Å². The van der Waals surface area contributed by atoms with Gasteiger partial charge in [-0.1, -0.05) is 12.8 Å². The molecule has 3 heterocycles. The fourth-order valence-corrected chi connectivity index (χ4v) is 5.26. The van der Waals surface area contributed by atoms with Crippen LogP contribution in [0.2, 0.25) is 0 Å². The Morgan fingerprint density at radius 2 is 2.04 bits per heavy atom. The third kappa shape index (κ3) is 2.64. The van der Waals surface area contributed by atoms with Gasteiger partial charge in [-0.15, -0.1) is 11.3 Å². The van der Waals surface area contributed by atoms with Crippen molar-refractivity contribution in [2.24, 2.45) is 0 Å². The van der Waals surface area contributed by atoms with Crippen LogP contribution in [0.5, 0.6) is 0 Å². The average Bonchev–Trinajstić information content (AvgIpc) is 3.30. The van der Waals surface area contributed by atoms with Crippen LogP contribution in [0.15, 0.2) is 12.4 Å². The van der Waals surface area contributed by atoms with Gasteiger partial charge < -0.3 is 5.32 Å². The Labute approximate surface area is 140 Å². The highest BCUT2D eigenvalue weighted by Gasteiger charge is 2.34. The van der Waals surface area contributed by atoms with Gasteiger partial charge >= 0.3 is 0 Å². The van der Waals surface area contributed by atoms with E-state index in [0.717, 1.165) is 46.3 Å². The number of amides is 1. The molecule has 4 rings (SSSR count). The maximum atomic E-state index is 12.3. The van der Waals surface area contributed by atoms with E-state index in [1.54, 1.807) is 19.4 Å². The highest BCUT2D eigenvalue weighted by Crippen LogP contribution is 2.40. The first-order valence-corrected chi connectivity index (χ1v) is 9.29. The number of likely N-dealkylation sites (tertiary alicyclic amines) is 1. The van der Waals surface area contributed by atoms with Crippen molar-refractivity contribution >= 4 is 27.6 Å². The lowest BCUT2D eigenvalue weighted by molar-refractivity contribution is 0.0966. The summed E-state index contributed by atoms with van der Waals surface area (Å²) in [6.07, 6.45) is 9.94. The molecule has 1 N–H and O–H groups in total. The van der Waals surface area contributed by atoms with Gasteiger partial charge in [0, 0.05) is 43.5 Å². The molecule has 1 aliphatic carbocycles. The van der Waals surface area contributed by atoms with Crippen molar-refractivity contribution in [3.8, 4) is 0 Å². The SMILES string of the molecule is CNC(=O)c1sc2nccnc2c1[C@H]1CCN(C2CCCC2)C1. The molecule has 0 aromatic carbocycles. The van der Waals surface area contributed by atoms with Gasteiger partial charge in [-0.05, 0) is 25.8 Å². The Morgan fingerprint density at radius 1 is 1.26 bits per heavy atom. The second kappa shape index (κ2) is 6.17. The molecule has 1 saturated carbocycles. The number of rotatable bonds is 3.